The van der Waals surface area contributed by atoms with Gasteiger partial charge in [-0.05, 0) is 51.8 Å². The number of carbonyl (C=O) groups excluding carboxylic acids is 4. The molecule has 0 saturated heterocycles. The lowest BCUT2D eigenvalue weighted by molar-refractivity contribution is -0.138. The second-order valence-electron chi connectivity index (χ2n) is 9.32. The van der Waals surface area contributed by atoms with E-state index in [2.05, 4.69) is 16.7 Å². The Morgan fingerprint density at radius 2 is 1.67 bits per heavy atom. The number of para-hydroxylation sites is 1. The van der Waals surface area contributed by atoms with Crippen LogP contribution in [0.25, 0.3) is 0 Å². The number of hydrogen-bond donors (Lipinski definition) is 3. The first kappa shape index (κ1) is 27.9. The molecule has 4 amide bonds. The molecule has 9 heteroatoms. The van der Waals surface area contributed by atoms with E-state index in [0.29, 0.717) is 11.3 Å². The summed E-state index contributed by atoms with van der Waals surface area (Å²) in [5.74, 6) is -2.29. The molecule has 0 aliphatic heterocycles. The molecular weight excluding hydrogens is 460 g/mol. The highest BCUT2D eigenvalue weighted by atomic mass is 16.6. The molecule has 0 fully saturated rings. The van der Waals surface area contributed by atoms with Crippen LogP contribution in [-0.2, 0) is 19.1 Å². The predicted octanol–water partition coefficient (Wildman–Crippen LogP) is 3.17. The first-order chi connectivity index (χ1) is 16.8. The van der Waals surface area contributed by atoms with Crippen LogP contribution in [0.2, 0.25) is 0 Å². The van der Waals surface area contributed by atoms with Gasteiger partial charge in [-0.15, -0.1) is 0 Å². The molecule has 36 heavy (non-hydrogen) atoms. The highest BCUT2D eigenvalue weighted by Gasteiger charge is 2.36. The van der Waals surface area contributed by atoms with Crippen molar-refractivity contribution in [2.45, 2.75) is 58.7 Å². The molecule has 0 aliphatic carbocycles. The number of rotatable bonds is 8. The Morgan fingerprint density at radius 1 is 1.06 bits per heavy atom. The molecule has 4 N–H and O–H groups in total. The molecule has 0 spiro atoms. The van der Waals surface area contributed by atoms with Crippen molar-refractivity contribution in [3.63, 3.8) is 0 Å². The van der Waals surface area contributed by atoms with Crippen molar-refractivity contribution in [2.75, 3.05) is 5.32 Å². The summed E-state index contributed by atoms with van der Waals surface area (Å²) in [6, 6.07) is 13.6. The number of nitrogens with one attached hydrogen (secondary N) is 2. The molecule has 0 heterocycles. The van der Waals surface area contributed by atoms with Gasteiger partial charge in [-0.3, -0.25) is 19.3 Å². The van der Waals surface area contributed by atoms with Crippen molar-refractivity contribution in [1.82, 2.24) is 10.2 Å². The molecule has 190 valence electrons. The van der Waals surface area contributed by atoms with Crippen LogP contribution in [0.5, 0.6) is 0 Å². The van der Waals surface area contributed by atoms with Gasteiger partial charge in [0.25, 0.3) is 11.8 Å². The number of terminal acetylenes is 1. The summed E-state index contributed by atoms with van der Waals surface area (Å²) in [4.78, 5) is 52.0. The fraction of sp³-hybridized carbons (Fsp3) is 0.333. The van der Waals surface area contributed by atoms with Crippen LogP contribution >= 0.6 is 0 Å². The molecule has 2 aromatic rings. The van der Waals surface area contributed by atoms with E-state index < -0.39 is 47.9 Å². The first-order valence-corrected chi connectivity index (χ1v) is 11.3. The second kappa shape index (κ2) is 11.9. The van der Waals surface area contributed by atoms with Gasteiger partial charge >= 0.3 is 6.09 Å². The number of nitrogens with zero attached hydrogens (tertiary/aromatic N) is 1. The lowest BCUT2D eigenvalue weighted by Crippen LogP contribution is -2.52. The first-order valence-electron chi connectivity index (χ1n) is 11.3. The number of anilines is 1. The number of ether oxygens (including phenoxy) is 1. The van der Waals surface area contributed by atoms with Crippen molar-refractivity contribution >= 4 is 29.5 Å². The van der Waals surface area contributed by atoms with E-state index in [1.807, 2.05) is 26.0 Å². The van der Waals surface area contributed by atoms with Gasteiger partial charge in [0.1, 0.15) is 17.7 Å². The fourth-order valence-corrected chi connectivity index (χ4v) is 3.37. The number of carbonyl (C=O) groups is 4. The molecule has 0 radical (unpaired) electrons. The van der Waals surface area contributed by atoms with Crippen LogP contribution in [0, 0.1) is 26.3 Å². The largest absolute Gasteiger partial charge is 0.444 e. The van der Waals surface area contributed by atoms with Gasteiger partial charge in [0.15, 0.2) is 0 Å². The average molecular weight is 493 g/mol. The number of amides is 4. The molecule has 2 atom stereocenters. The maximum Gasteiger partial charge on any atom is 0.408 e. The zero-order chi connectivity index (χ0) is 27.0. The summed E-state index contributed by atoms with van der Waals surface area (Å²) in [7, 11) is 0. The summed E-state index contributed by atoms with van der Waals surface area (Å²) < 4.78 is 5.21. The lowest BCUT2D eigenvalue weighted by Gasteiger charge is -2.30. The Bertz CT molecular complexity index is 1160. The zero-order valence-electron chi connectivity index (χ0n) is 21.1. The highest BCUT2D eigenvalue weighted by Crippen LogP contribution is 2.25. The Morgan fingerprint density at radius 3 is 2.19 bits per heavy atom. The normalized spacial score (nSPS) is 12.4. The van der Waals surface area contributed by atoms with Gasteiger partial charge in [0, 0.05) is 11.7 Å². The van der Waals surface area contributed by atoms with Crippen LogP contribution in [0.1, 0.15) is 49.9 Å². The number of hydrogen-bond acceptors (Lipinski definition) is 5. The van der Waals surface area contributed by atoms with Gasteiger partial charge in [-0.2, -0.15) is 0 Å². The Balaban J connectivity index is 2.46. The third-order valence-electron chi connectivity index (χ3n) is 5.07. The molecule has 2 aromatic carbocycles. The van der Waals surface area contributed by atoms with Crippen LogP contribution in [0.3, 0.4) is 0 Å². The molecule has 2 unspecified atom stereocenters. The van der Waals surface area contributed by atoms with Gasteiger partial charge in [-0.25, -0.2) is 4.79 Å². The zero-order valence-corrected chi connectivity index (χ0v) is 21.1. The maximum absolute atomic E-state index is 13.5. The van der Waals surface area contributed by atoms with Gasteiger partial charge in [0.2, 0.25) is 5.91 Å². The minimum absolute atomic E-state index is 0.438. The smallest absolute Gasteiger partial charge is 0.408 e. The van der Waals surface area contributed by atoms with Crippen molar-refractivity contribution < 1.29 is 23.9 Å². The Hall–Kier alpha value is -4.32. The SMILES string of the molecule is C#CN(C(=O)C(CC(N)=O)NC(=O)OC(C)(C)C)C(C(=O)Nc1ccccc1C)c1ccc(C)cc1. The van der Waals surface area contributed by atoms with Crippen molar-refractivity contribution in [3.05, 3.63) is 65.2 Å². The summed E-state index contributed by atoms with van der Waals surface area (Å²) in [6.45, 7) is 8.65. The minimum Gasteiger partial charge on any atom is -0.444 e. The van der Waals surface area contributed by atoms with Crippen LogP contribution < -0.4 is 16.4 Å². The van der Waals surface area contributed by atoms with E-state index in [1.54, 1.807) is 57.2 Å². The summed E-state index contributed by atoms with van der Waals surface area (Å²) in [5.41, 5.74) is 7.21. The molecule has 9 nitrogen and oxygen atoms in total. The monoisotopic (exact) mass is 492 g/mol. The lowest BCUT2D eigenvalue weighted by atomic mass is 10.0. The average Bonchev–Trinajstić information content (AvgIpc) is 2.77. The quantitative estimate of drug-likeness (QED) is 0.385. The van der Waals surface area contributed by atoms with Gasteiger partial charge in [0.05, 0.1) is 6.42 Å². The molecule has 0 aromatic heterocycles. The van der Waals surface area contributed by atoms with Crippen LogP contribution in [0.15, 0.2) is 48.5 Å². The molecule has 0 bridgehead atoms. The minimum atomic E-state index is -1.45. The van der Waals surface area contributed by atoms with Crippen LogP contribution in [0.4, 0.5) is 10.5 Å². The third kappa shape index (κ3) is 7.87. The van der Waals surface area contributed by atoms with E-state index in [1.165, 1.54) is 0 Å². The molecule has 0 saturated carbocycles. The van der Waals surface area contributed by atoms with Crippen molar-refractivity contribution in [1.29, 1.82) is 0 Å². The standard InChI is InChI=1S/C27H32N4O5/c1-7-31(25(34)21(16-22(28)32)30-26(35)36-27(4,5)6)23(19-14-12-17(2)13-15-19)24(33)29-20-11-9-8-10-18(20)3/h1,8-15,21,23H,16H2,2-6H3,(H2,28,32)(H,29,33)(H,30,35). The second-order valence-corrected chi connectivity index (χ2v) is 9.32. The Labute approximate surface area is 211 Å². The van der Waals surface area contributed by atoms with Gasteiger partial charge < -0.3 is 21.1 Å². The van der Waals surface area contributed by atoms with Crippen molar-refractivity contribution in [2.24, 2.45) is 5.73 Å². The van der Waals surface area contributed by atoms with Crippen molar-refractivity contribution in [3.8, 4) is 12.5 Å². The van der Waals surface area contributed by atoms with Gasteiger partial charge in [-0.1, -0.05) is 54.5 Å². The topological polar surface area (TPSA) is 131 Å². The number of alkyl carbamates (subject to hydrolysis) is 1. The van der Waals surface area contributed by atoms with E-state index in [0.717, 1.165) is 16.0 Å². The molecule has 0 aliphatic rings. The third-order valence-corrected chi connectivity index (χ3v) is 5.07. The summed E-state index contributed by atoms with van der Waals surface area (Å²) >= 11 is 0. The predicted molar refractivity (Wildman–Crippen MR) is 136 cm³/mol. The number of primary amides is 1. The fourth-order valence-electron chi connectivity index (χ4n) is 3.37. The molecule has 2 rings (SSSR count). The van der Waals surface area contributed by atoms with E-state index in [9.17, 15) is 19.2 Å². The number of nitrogens with two attached hydrogens (primary N) is 1. The summed E-state index contributed by atoms with van der Waals surface area (Å²) in [5, 5.41) is 5.16. The Kier molecular flexibility index (Phi) is 9.22. The summed E-state index contributed by atoms with van der Waals surface area (Å²) in [6.07, 6.45) is 4.24. The maximum atomic E-state index is 13.5. The number of benzene rings is 2. The number of aryl methyl sites for hydroxylation is 2. The highest BCUT2D eigenvalue weighted by molar-refractivity contribution is 6.00. The van der Waals surface area contributed by atoms with E-state index in [4.69, 9.17) is 16.9 Å². The molecular formula is C27H32N4O5. The van der Waals surface area contributed by atoms with E-state index in [-0.39, 0.29) is 0 Å². The van der Waals surface area contributed by atoms with Crippen LogP contribution in [-0.4, -0.2) is 40.4 Å². The van der Waals surface area contributed by atoms with E-state index >= 15 is 0 Å².